The Morgan fingerprint density at radius 3 is 2.70 bits per heavy atom. The van der Waals surface area contributed by atoms with E-state index in [-0.39, 0.29) is 29.2 Å². The third-order valence-electron chi connectivity index (χ3n) is 5.06. The van der Waals surface area contributed by atoms with Crippen LogP contribution in [0.3, 0.4) is 0 Å². The zero-order valence-electron chi connectivity index (χ0n) is 17.6. The largest absolute Gasteiger partial charge is 0.456 e. The highest BCUT2D eigenvalue weighted by atomic mass is 16.6. The topological polar surface area (TPSA) is 151 Å². The van der Waals surface area contributed by atoms with Gasteiger partial charge in [-0.05, 0) is 25.1 Å². The second kappa shape index (κ2) is 8.49. The number of nitrogens with one attached hydrogen (secondary N) is 1. The maximum absolute atomic E-state index is 12.5. The molecule has 0 fully saturated rings. The number of ether oxygens (including phenoxy) is 1. The lowest BCUT2D eigenvalue weighted by atomic mass is 10.2. The van der Waals surface area contributed by atoms with Crippen LogP contribution in [-0.2, 0) is 23.2 Å². The van der Waals surface area contributed by atoms with Gasteiger partial charge in [0.1, 0.15) is 6.04 Å². The summed E-state index contributed by atoms with van der Waals surface area (Å²) >= 11 is 0. The van der Waals surface area contributed by atoms with Gasteiger partial charge in [-0.1, -0.05) is 18.2 Å². The molecule has 0 unspecified atom stereocenters. The molecule has 168 valence electrons. The Morgan fingerprint density at radius 1 is 1.18 bits per heavy atom. The van der Waals surface area contributed by atoms with Crippen LogP contribution in [0.4, 0.5) is 5.69 Å². The maximum atomic E-state index is 12.5. The number of esters is 1. The standard InChI is InChI=1S/C21H18N6O6/c1-12(22-18(28)13-6-5-7-14(10-13)27(31)32)20(30)33-11-17-23-24-21-25(2)19(29)15-8-3-4-9-16(15)26(17)21/h3-10,12H,11H2,1-2H3,(H,22,28)/t12-/m0/s1. The number of fused-ring (bicyclic) bond motifs is 3. The number of para-hydroxylation sites is 1. The van der Waals surface area contributed by atoms with Crippen molar-refractivity contribution >= 4 is 34.2 Å². The van der Waals surface area contributed by atoms with Gasteiger partial charge in [0.15, 0.2) is 12.4 Å². The van der Waals surface area contributed by atoms with Crippen LogP contribution in [0.15, 0.2) is 53.3 Å². The molecule has 4 rings (SSSR count). The smallest absolute Gasteiger partial charge is 0.328 e. The molecule has 33 heavy (non-hydrogen) atoms. The van der Waals surface area contributed by atoms with Crippen molar-refractivity contribution in [2.75, 3.05) is 0 Å². The van der Waals surface area contributed by atoms with Crippen LogP contribution in [-0.4, -0.2) is 42.0 Å². The van der Waals surface area contributed by atoms with Crippen molar-refractivity contribution in [1.29, 1.82) is 0 Å². The van der Waals surface area contributed by atoms with Crippen LogP contribution in [0.5, 0.6) is 0 Å². The highest BCUT2D eigenvalue weighted by Gasteiger charge is 2.21. The van der Waals surface area contributed by atoms with Crippen LogP contribution in [0.25, 0.3) is 16.7 Å². The Hall–Kier alpha value is -4.61. The fourth-order valence-corrected chi connectivity index (χ4v) is 3.35. The minimum absolute atomic E-state index is 0.0414. The first-order chi connectivity index (χ1) is 15.8. The minimum atomic E-state index is -1.03. The van der Waals surface area contributed by atoms with Gasteiger partial charge in [0.05, 0.1) is 15.8 Å². The van der Waals surface area contributed by atoms with Gasteiger partial charge in [0.2, 0.25) is 5.78 Å². The zero-order chi connectivity index (χ0) is 23.7. The van der Waals surface area contributed by atoms with E-state index in [4.69, 9.17) is 4.74 Å². The number of rotatable bonds is 6. The number of amides is 1. The van der Waals surface area contributed by atoms with Crippen molar-refractivity contribution in [1.82, 2.24) is 24.5 Å². The van der Waals surface area contributed by atoms with E-state index in [1.807, 2.05) is 0 Å². The molecule has 2 aromatic carbocycles. The lowest BCUT2D eigenvalue weighted by Gasteiger charge is -2.13. The van der Waals surface area contributed by atoms with E-state index in [0.717, 1.165) is 6.07 Å². The van der Waals surface area contributed by atoms with Gasteiger partial charge >= 0.3 is 5.97 Å². The number of hydrogen-bond acceptors (Lipinski definition) is 8. The normalized spacial score (nSPS) is 11.9. The maximum Gasteiger partial charge on any atom is 0.328 e. The molecule has 0 saturated carbocycles. The molecule has 0 saturated heterocycles. The molecule has 1 atom stereocenters. The zero-order valence-corrected chi connectivity index (χ0v) is 17.6. The molecule has 1 N–H and O–H groups in total. The highest BCUT2D eigenvalue weighted by molar-refractivity contribution is 5.97. The molecule has 0 bridgehead atoms. The van der Waals surface area contributed by atoms with E-state index in [1.165, 1.54) is 29.7 Å². The summed E-state index contributed by atoms with van der Waals surface area (Å²) in [6.07, 6.45) is 0. The van der Waals surface area contributed by atoms with Crippen molar-refractivity contribution in [3.05, 3.63) is 80.4 Å². The molecule has 12 heteroatoms. The summed E-state index contributed by atoms with van der Waals surface area (Å²) in [4.78, 5) is 47.6. The van der Waals surface area contributed by atoms with Crippen molar-refractivity contribution < 1.29 is 19.2 Å². The summed E-state index contributed by atoms with van der Waals surface area (Å²) in [5.74, 6) is -0.809. The summed E-state index contributed by atoms with van der Waals surface area (Å²) in [6.45, 7) is 1.18. The number of nitro benzene ring substituents is 1. The predicted molar refractivity (Wildman–Crippen MR) is 116 cm³/mol. The quantitative estimate of drug-likeness (QED) is 0.263. The molecule has 1 amide bonds. The molecule has 2 aromatic heterocycles. The minimum Gasteiger partial charge on any atom is -0.456 e. The Bertz CT molecular complexity index is 1470. The third kappa shape index (κ3) is 4.01. The van der Waals surface area contributed by atoms with Crippen LogP contribution in [0.2, 0.25) is 0 Å². The third-order valence-corrected chi connectivity index (χ3v) is 5.06. The van der Waals surface area contributed by atoms with Crippen molar-refractivity contribution in [3.8, 4) is 0 Å². The van der Waals surface area contributed by atoms with Crippen LogP contribution in [0.1, 0.15) is 23.1 Å². The second-order valence-electron chi connectivity index (χ2n) is 7.24. The first-order valence-electron chi connectivity index (χ1n) is 9.81. The van der Waals surface area contributed by atoms with Gasteiger partial charge in [-0.25, -0.2) is 4.79 Å². The molecule has 0 aliphatic carbocycles. The molecule has 12 nitrogen and oxygen atoms in total. The number of carbonyl (C=O) groups is 2. The number of non-ortho nitro benzene ring substituents is 1. The summed E-state index contributed by atoms with van der Waals surface area (Å²) in [7, 11) is 1.57. The predicted octanol–water partition coefficient (Wildman–Crippen LogP) is 1.35. The molecule has 2 heterocycles. The summed E-state index contributed by atoms with van der Waals surface area (Å²) in [6, 6.07) is 11.0. The molecule has 0 spiro atoms. The first-order valence-corrected chi connectivity index (χ1v) is 9.81. The fourth-order valence-electron chi connectivity index (χ4n) is 3.35. The number of nitrogens with zero attached hydrogens (tertiary/aromatic N) is 5. The summed E-state index contributed by atoms with van der Waals surface area (Å²) in [5.41, 5.74) is 0.142. The van der Waals surface area contributed by atoms with E-state index in [0.29, 0.717) is 16.7 Å². The molecule has 0 aliphatic heterocycles. The van der Waals surface area contributed by atoms with Crippen LogP contribution >= 0.6 is 0 Å². The molecular formula is C21H18N6O6. The Morgan fingerprint density at radius 2 is 1.94 bits per heavy atom. The first kappa shape index (κ1) is 21.6. The van der Waals surface area contributed by atoms with Crippen molar-refractivity contribution in [3.63, 3.8) is 0 Å². The molecular weight excluding hydrogens is 432 g/mol. The molecule has 0 aliphatic rings. The summed E-state index contributed by atoms with van der Waals surface area (Å²) in [5, 5.41) is 21.9. The highest BCUT2D eigenvalue weighted by Crippen LogP contribution is 2.15. The number of benzene rings is 2. The number of nitro groups is 1. The second-order valence-corrected chi connectivity index (χ2v) is 7.24. The molecule has 4 aromatic rings. The number of carbonyl (C=O) groups excluding carboxylic acids is 2. The van der Waals surface area contributed by atoms with E-state index in [1.54, 1.807) is 35.7 Å². The number of aromatic nitrogens is 4. The van der Waals surface area contributed by atoms with Gasteiger partial charge in [-0.2, -0.15) is 0 Å². The van der Waals surface area contributed by atoms with E-state index in [9.17, 15) is 24.5 Å². The van der Waals surface area contributed by atoms with Gasteiger partial charge < -0.3 is 10.1 Å². The Kier molecular flexibility index (Phi) is 5.56. The van der Waals surface area contributed by atoms with Gasteiger partial charge in [0, 0.05) is 24.7 Å². The fraction of sp³-hybridized carbons (Fsp3) is 0.190. The van der Waals surface area contributed by atoms with Crippen molar-refractivity contribution in [2.45, 2.75) is 19.6 Å². The molecule has 0 radical (unpaired) electrons. The van der Waals surface area contributed by atoms with Crippen LogP contribution in [0, 0.1) is 10.1 Å². The number of hydrogen-bond donors (Lipinski definition) is 1. The lowest BCUT2D eigenvalue weighted by molar-refractivity contribution is -0.384. The lowest BCUT2D eigenvalue weighted by Crippen LogP contribution is -2.39. The van der Waals surface area contributed by atoms with Gasteiger partial charge in [-0.15, -0.1) is 10.2 Å². The van der Waals surface area contributed by atoms with Gasteiger partial charge in [0.25, 0.3) is 17.2 Å². The monoisotopic (exact) mass is 450 g/mol. The Balaban J connectivity index is 1.50. The average molecular weight is 450 g/mol. The SMILES string of the molecule is C[C@H](NC(=O)c1cccc([N+](=O)[O-])c1)C(=O)OCc1nnc2n(C)c(=O)c3ccccc3n12. The van der Waals surface area contributed by atoms with Crippen LogP contribution < -0.4 is 10.9 Å². The van der Waals surface area contributed by atoms with Crippen molar-refractivity contribution in [2.24, 2.45) is 7.05 Å². The van der Waals surface area contributed by atoms with E-state index >= 15 is 0 Å². The Labute approximate surface area is 185 Å². The number of aryl methyl sites for hydroxylation is 1. The van der Waals surface area contributed by atoms with E-state index < -0.39 is 22.8 Å². The summed E-state index contributed by atoms with van der Waals surface area (Å²) < 4.78 is 8.27. The van der Waals surface area contributed by atoms with Gasteiger partial charge in [-0.3, -0.25) is 28.7 Å². The average Bonchev–Trinajstić information content (AvgIpc) is 3.25. The van der Waals surface area contributed by atoms with E-state index in [2.05, 4.69) is 15.5 Å².